The first-order chi connectivity index (χ1) is 6.11. The average molecular weight is 183 g/mol. The molecule has 1 heterocycles. The van der Waals surface area contributed by atoms with Gasteiger partial charge in [0.25, 0.3) is 0 Å². The normalized spacial score (nSPS) is 27.5. The van der Waals surface area contributed by atoms with Gasteiger partial charge in [0.15, 0.2) is 0 Å². The van der Waals surface area contributed by atoms with Gasteiger partial charge in [-0.3, -0.25) is 4.90 Å². The van der Waals surface area contributed by atoms with E-state index in [1.807, 2.05) is 6.92 Å². The van der Waals surface area contributed by atoms with Gasteiger partial charge in [0.05, 0.1) is 6.54 Å². The number of carbonyl (C=O) groups is 1. The lowest BCUT2D eigenvalue weighted by molar-refractivity contribution is 0.0632. The van der Waals surface area contributed by atoms with E-state index >= 15 is 0 Å². The molecule has 0 aromatic heterocycles. The molecule has 0 N–H and O–H groups in total. The summed E-state index contributed by atoms with van der Waals surface area (Å²) in [6, 6.07) is 0. The molecule has 1 fully saturated rings. The van der Waals surface area contributed by atoms with Gasteiger partial charge in [-0.25, -0.2) is 4.79 Å². The summed E-state index contributed by atoms with van der Waals surface area (Å²) < 4.78 is 5.27. The third-order valence-corrected chi connectivity index (χ3v) is 2.35. The van der Waals surface area contributed by atoms with Gasteiger partial charge in [0, 0.05) is 6.20 Å². The van der Waals surface area contributed by atoms with Gasteiger partial charge < -0.3 is 4.74 Å². The van der Waals surface area contributed by atoms with Gasteiger partial charge in [-0.1, -0.05) is 19.9 Å². The number of unbranched alkanes of at least 4 members (excludes halogenated alkanes) is 1. The Morgan fingerprint density at radius 2 is 2.46 bits per heavy atom. The predicted octanol–water partition coefficient (Wildman–Crippen LogP) is 2.53. The van der Waals surface area contributed by atoms with Gasteiger partial charge in [-0.05, 0) is 19.8 Å². The van der Waals surface area contributed by atoms with Crippen LogP contribution in [0.4, 0.5) is 4.79 Å². The molecule has 0 radical (unpaired) electrons. The van der Waals surface area contributed by atoms with Crippen LogP contribution in [0.3, 0.4) is 0 Å². The number of rotatable bonds is 4. The molecular formula is C10H17NO2. The van der Waals surface area contributed by atoms with Crippen molar-refractivity contribution >= 4 is 6.09 Å². The van der Waals surface area contributed by atoms with E-state index in [1.165, 1.54) is 11.1 Å². The fraction of sp³-hybridized carbons (Fsp3) is 0.700. The number of carbonyl (C=O) groups excluding carboxylic acids is 1. The van der Waals surface area contributed by atoms with Crippen LogP contribution in [0.1, 0.15) is 33.1 Å². The lowest BCUT2D eigenvalue weighted by atomic mass is 9.99. The summed E-state index contributed by atoms with van der Waals surface area (Å²) in [7, 11) is 0. The highest BCUT2D eigenvalue weighted by Crippen LogP contribution is 2.27. The summed E-state index contributed by atoms with van der Waals surface area (Å²) in [4.78, 5) is 12.7. The van der Waals surface area contributed by atoms with E-state index in [-0.39, 0.29) is 11.7 Å². The minimum atomic E-state index is -0.304. The fourth-order valence-corrected chi connectivity index (χ4v) is 1.55. The van der Waals surface area contributed by atoms with Crippen molar-refractivity contribution in [2.24, 2.45) is 0 Å². The summed E-state index contributed by atoms with van der Waals surface area (Å²) in [5.41, 5.74) is -0.304. The van der Waals surface area contributed by atoms with Crippen LogP contribution in [0, 0.1) is 0 Å². The van der Waals surface area contributed by atoms with Crippen molar-refractivity contribution < 1.29 is 9.53 Å². The zero-order chi connectivity index (χ0) is 9.90. The lowest BCUT2D eigenvalue weighted by Crippen LogP contribution is -2.29. The number of amides is 1. The smallest absolute Gasteiger partial charge is 0.414 e. The standard InChI is InChI=1S/C10H17NO2/c1-4-6-7-10(3)8-11(5-2)9(12)13-10/h5H,2,4,6-8H2,1,3H3. The van der Waals surface area contributed by atoms with Crippen molar-refractivity contribution in [3.8, 4) is 0 Å². The maximum Gasteiger partial charge on any atom is 0.414 e. The number of cyclic esters (lactones) is 1. The molecular weight excluding hydrogens is 166 g/mol. The van der Waals surface area contributed by atoms with E-state index in [2.05, 4.69) is 13.5 Å². The van der Waals surface area contributed by atoms with Crippen molar-refractivity contribution in [1.29, 1.82) is 0 Å². The molecule has 0 spiro atoms. The monoisotopic (exact) mass is 183 g/mol. The molecule has 0 saturated carbocycles. The number of nitrogens with zero attached hydrogens (tertiary/aromatic N) is 1. The maximum absolute atomic E-state index is 11.2. The van der Waals surface area contributed by atoms with E-state index in [4.69, 9.17) is 4.74 Å². The topological polar surface area (TPSA) is 29.5 Å². The van der Waals surface area contributed by atoms with Crippen molar-refractivity contribution in [1.82, 2.24) is 4.90 Å². The fourth-order valence-electron chi connectivity index (χ4n) is 1.55. The van der Waals surface area contributed by atoms with Gasteiger partial charge >= 0.3 is 6.09 Å². The molecule has 3 heteroatoms. The number of hydrogen-bond acceptors (Lipinski definition) is 2. The first-order valence-electron chi connectivity index (χ1n) is 4.73. The molecule has 1 aliphatic rings. The maximum atomic E-state index is 11.2. The second kappa shape index (κ2) is 3.81. The average Bonchev–Trinajstić information content (AvgIpc) is 2.39. The minimum absolute atomic E-state index is 0.270. The summed E-state index contributed by atoms with van der Waals surface area (Å²) in [5.74, 6) is 0. The molecule has 1 saturated heterocycles. The van der Waals surface area contributed by atoms with Crippen molar-refractivity contribution in [2.75, 3.05) is 6.54 Å². The SMILES string of the molecule is C=CN1CC(C)(CCCC)OC1=O. The molecule has 1 amide bonds. The quantitative estimate of drug-likeness (QED) is 0.670. The van der Waals surface area contributed by atoms with Crippen LogP contribution in [0.5, 0.6) is 0 Å². The van der Waals surface area contributed by atoms with Crippen LogP contribution in [-0.4, -0.2) is 23.1 Å². The van der Waals surface area contributed by atoms with E-state index in [1.54, 1.807) is 0 Å². The van der Waals surface area contributed by atoms with Crippen molar-refractivity contribution in [2.45, 2.75) is 38.7 Å². The zero-order valence-electron chi connectivity index (χ0n) is 8.38. The molecule has 13 heavy (non-hydrogen) atoms. The molecule has 0 bridgehead atoms. The molecule has 1 aliphatic heterocycles. The van der Waals surface area contributed by atoms with Crippen LogP contribution in [0.15, 0.2) is 12.8 Å². The predicted molar refractivity (Wildman–Crippen MR) is 51.3 cm³/mol. The Kier molecular flexibility index (Phi) is 2.96. The molecule has 1 rings (SSSR count). The summed E-state index contributed by atoms with van der Waals surface area (Å²) >= 11 is 0. The largest absolute Gasteiger partial charge is 0.441 e. The van der Waals surface area contributed by atoms with E-state index in [0.29, 0.717) is 6.54 Å². The molecule has 74 valence electrons. The summed E-state index contributed by atoms with van der Waals surface area (Å²) in [6.07, 6.45) is 4.41. The molecule has 3 nitrogen and oxygen atoms in total. The Balaban J connectivity index is 2.53. The first kappa shape index (κ1) is 10.1. The Hall–Kier alpha value is -0.990. The second-order valence-electron chi connectivity index (χ2n) is 3.73. The molecule has 1 atom stereocenters. The van der Waals surface area contributed by atoms with Crippen LogP contribution in [-0.2, 0) is 4.74 Å². The minimum Gasteiger partial charge on any atom is -0.441 e. The van der Waals surface area contributed by atoms with Gasteiger partial charge in [-0.15, -0.1) is 0 Å². The van der Waals surface area contributed by atoms with Gasteiger partial charge in [0.2, 0.25) is 0 Å². The molecule has 0 aliphatic carbocycles. The van der Waals surface area contributed by atoms with E-state index in [0.717, 1.165) is 19.3 Å². The Labute approximate surface area is 79.4 Å². The van der Waals surface area contributed by atoms with E-state index < -0.39 is 0 Å². The Morgan fingerprint density at radius 3 is 2.92 bits per heavy atom. The van der Waals surface area contributed by atoms with Crippen LogP contribution < -0.4 is 0 Å². The van der Waals surface area contributed by atoms with Crippen LogP contribution >= 0.6 is 0 Å². The summed E-state index contributed by atoms with van der Waals surface area (Å²) in [5, 5.41) is 0. The van der Waals surface area contributed by atoms with Crippen LogP contribution in [0.2, 0.25) is 0 Å². The Morgan fingerprint density at radius 1 is 1.77 bits per heavy atom. The number of hydrogen-bond donors (Lipinski definition) is 0. The Bertz CT molecular complexity index is 215. The number of ether oxygens (including phenoxy) is 1. The third-order valence-electron chi connectivity index (χ3n) is 2.35. The molecule has 1 unspecified atom stereocenters. The van der Waals surface area contributed by atoms with Crippen molar-refractivity contribution in [3.63, 3.8) is 0 Å². The lowest BCUT2D eigenvalue weighted by Gasteiger charge is -2.20. The first-order valence-corrected chi connectivity index (χ1v) is 4.73. The second-order valence-corrected chi connectivity index (χ2v) is 3.73. The zero-order valence-corrected chi connectivity index (χ0v) is 8.38. The third kappa shape index (κ3) is 2.23. The molecule has 0 aromatic carbocycles. The highest BCUT2D eigenvalue weighted by Gasteiger charge is 2.39. The highest BCUT2D eigenvalue weighted by molar-refractivity contribution is 5.71. The van der Waals surface area contributed by atoms with E-state index in [9.17, 15) is 4.79 Å². The van der Waals surface area contributed by atoms with Gasteiger partial charge in [-0.2, -0.15) is 0 Å². The van der Waals surface area contributed by atoms with Crippen LogP contribution in [0.25, 0.3) is 0 Å². The highest BCUT2D eigenvalue weighted by atomic mass is 16.6. The van der Waals surface area contributed by atoms with Crippen molar-refractivity contribution in [3.05, 3.63) is 12.8 Å². The summed E-state index contributed by atoms with van der Waals surface area (Å²) in [6.45, 7) is 8.30. The molecule has 0 aromatic rings. The van der Waals surface area contributed by atoms with Gasteiger partial charge in [0.1, 0.15) is 5.60 Å².